The number of benzene rings is 1. The van der Waals surface area contributed by atoms with Gasteiger partial charge in [0, 0.05) is 23.0 Å². The molecule has 0 spiro atoms. The van der Waals surface area contributed by atoms with E-state index in [1.54, 1.807) is 0 Å². The minimum absolute atomic E-state index is 0.0279. The van der Waals surface area contributed by atoms with E-state index >= 15 is 0 Å². The molecule has 3 N–H and O–H groups in total. The van der Waals surface area contributed by atoms with Crippen molar-refractivity contribution in [1.82, 2.24) is 0 Å². The highest BCUT2D eigenvalue weighted by molar-refractivity contribution is 7.99. The van der Waals surface area contributed by atoms with Gasteiger partial charge in [0.05, 0.1) is 5.56 Å². The smallest absolute Gasteiger partial charge is 0.389 e. The number of hydrogen-bond acceptors (Lipinski definition) is 3. The first-order valence-electron chi connectivity index (χ1n) is 6.74. The Bertz CT molecular complexity index is 511. The molecule has 0 amide bonds. The molecule has 7 heteroatoms. The molecule has 0 aliphatic carbocycles. The second kappa shape index (κ2) is 6.87. The van der Waals surface area contributed by atoms with Crippen LogP contribution in [0.15, 0.2) is 18.2 Å². The fraction of sp³-hybridized carbons (Fsp3) is 0.500. The zero-order chi connectivity index (χ0) is 15.5. The lowest BCUT2D eigenvalue weighted by molar-refractivity contribution is -0.137. The molecular weight excluding hydrogens is 317 g/mol. The van der Waals surface area contributed by atoms with Crippen LogP contribution in [0.5, 0.6) is 0 Å². The number of nitrogens with two attached hydrogens (primary N) is 1. The fourth-order valence-corrected chi connectivity index (χ4v) is 3.68. The van der Waals surface area contributed by atoms with Crippen LogP contribution in [-0.4, -0.2) is 22.5 Å². The van der Waals surface area contributed by atoms with Crippen molar-refractivity contribution in [3.8, 4) is 0 Å². The van der Waals surface area contributed by atoms with E-state index in [0.717, 1.165) is 24.3 Å². The van der Waals surface area contributed by atoms with Crippen molar-refractivity contribution in [3.05, 3.63) is 29.3 Å². The van der Waals surface area contributed by atoms with Crippen LogP contribution in [-0.2, 0) is 6.18 Å². The summed E-state index contributed by atoms with van der Waals surface area (Å²) in [7, 11) is 0. The molecule has 2 nitrogen and oxygen atoms in total. The van der Waals surface area contributed by atoms with Crippen molar-refractivity contribution >= 4 is 34.7 Å². The van der Waals surface area contributed by atoms with Gasteiger partial charge in [-0.2, -0.15) is 24.9 Å². The van der Waals surface area contributed by atoms with E-state index in [2.05, 4.69) is 5.32 Å². The topological polar surface area (TPSA) is 38.0 Å². The van der Waals surface area contributed by atoms with Gasteiger partial charge in [-0.15, -0.1) is 0 Å². The van der Waals surface area contributed by atoms with Gasteiger partial charge >= 0.3 is 6.18 Å². The molecule has 1 fully saturated rings. The molecule has 0 bridgehead atoms. The summed E-state index contributed by atoms with van der Waals surface area (Å²) in [5.41, 5.74) is 5.64. The van der Waals surface area contributed by atoms with E-state index in [4.69, 9.17) is 18.0 Å². The van der Waals surface area contributed by atoms with Crippen molar-refractivity contribution in [2.75, 3.05) is 17.6 Å². The van der Waals surface area contributed by atoms with E-state index in [1.165, 1.54) is 18.9 Å². The van der Waals surface area contributed by atoms with E-state index in [1.807, 2.05) is 11.8 Å². The summed E-state index contributed by atoms with van der Waals surface area (Å²) in [5.74, 6) is 1.14. The summed E-state index contributed by atoms with van der Waals surface area (Å²) < 4.78 is 38.2. The molecule has 1 atom stereocenters. The van der Waals surface area contributed by atoms with Crippen LogP contribution in [0.4, 0.5) is 18.9 Å². The fourth-order valence-electron chi connectivity index (χ4n) is 2.27. The minimum Gasteiger partial charge on any atom is -0.389 e. The number of halogens is 3. The van der Waals surface area contributed by atoms with Crippen molar-refractivity contribution in [2.24, 2.45) is 5.73 Å². The molecule has 1 aliphatic rings. The van der Waals surface area contributed by atoms with Crippen LogP contribution in [0.1, 0.15) is 30.4 Å². The molecule has 2 rings (SSSR count). The quantitative estimate of drug-likeness (QED) is 0.815. The molecule has 0 aromatic heterocycles. The first-order chi connectivity index (χ1) is 9.88. The summed E-state index contributed by atoms with van der Waals surface area (Å²) in [6.07, 6.45) is -0.827. The third-order valence-electron chi connectivity index (χ3n) is 3.41. The number of rotatable bonds is 4. The first kappa shape index (κ1) is 16.4. The monoisotopic (exact) mass is 334 g/mol. The molecule has 1 aliphatic heterocycles. The van der Waals surface area contributed by atoms with Gasteiger partial charge in [0.2, 0.25) is 0 Å². The molecule has 1 saturated heterocycles. The number of alkyl halides is 3. The van der Waals surface area contributed by atoms with Gasteiger partial charge in [0.25, 0.3) is 0 Å². The van der Waals surface area contributed by atoms with E-state index in [0.29, 0.717) is 17.5 Å². The molecule has 0 saturated carbocycles. The highest BCUT2D eigenvalue weighted by atomic mass is 32.2. The van der Waals surface area contributed by atoms with Crippen molar-refractivity contribution in [1.29, 1.82) is 0 Å². The highest BCUT2D eigenvalue weighted by Crippen LogP contribution is 2.32. The molecule has 1 heterocycles. The molecule has 1 aromatic carbocycles. The third-order valence-corrected chi connectivity index (χ3v) is 5.02. The van der Waals surface area contributed by atoms with E-state index < -0.39 is 11.7 Å². The van der Waals surface area contributed by atoms with Crippen LogP contribution < -0.4 is 11.1 Å². The number of nitrogens with one attached hydrogen (secondary N) is 1. The molecule has 1 aromatic rings. The Hall–Kier alpha value is -0.950. The first-order valence-corrected chi connectivity index (χ1v) is 8.20. The minimum atomic E-state index is -4.39. The van der Waals surface area contributed by atoms with Crippen LogP contribution in [0.2, 0.25) is 0 Å². The van der Waals surface area contributed by atoms with Gasteiger partial charge in [-0.05, 0) is 36.8 Å². The summed E-state index contributed by atoms with van der Waals surface area (Å²) in [5, 5.41) is 3.67. The Morgan fingerprint density at radius 2 is 2.14 bits per heavy atom. The number of thiocarbonyl (C=S) groups is 1. The predicted molar refractivity (Wildman–Crippen MR) is 85.9 cm³/mol. The summed E-state index contributed by atoms with van der Waals surface area (Å²) >= 11 is 6.77. The normalized spacial score (nSPS) is 19.3. The SMILES string of the molecule is NC(=S)c1cc(C(F)(F)F)ccc1NCC1CCCCS1. The van der Waals surface area contributed by atoms with Gasteiger partial charge in [0.15, 0.2) is 0 Å². The summed E-state index contributed by atoms with van der Waals surface area (Å²) in [4.78, 5) is -0.0279. The lowest BCUT2D eigenvalue weighted by atomic mass is 10.1. The van der Waals surface area contributed by atoms with E-state index in [-0.39, 0.29) is 10.6 Å². The van der Waals surface area contributed by atoms with Crippen molar-refractivity contribution in [3.63, 3.8) is 0 Å². The van der Waals surface area contributed by atoms with Gasteiger partial charge in [-0.25, -0.2) is 0 Å². The summed E-state index contributed by atoms with van der Waals surface area (Å²) in [6.45, 7) is 0.714. The average molecular weight is 334 g/mol. The molecule has 0 radical (unpaired) electrons. The second-order valence-electron chi connectivity index (χ2n) is 4.99. The van der Waals surface area contributed by atoms with Crippen molar-refractivity contribution in [2.45, 2.75) is 30.7 Å². The zero-order valence-corrected chi connectivity index (χ0v) is 13.0. The Labute approximate surface area is 131 Å². The summed E-state index contributed by atoms with van der Waals surface area (Å²) in [6, 6.07) is 3.47. The number of hydrogen-bond donors (Lipinski definition) is 2. The van der Waals surface area contributed by atoms with E-state index in [9.17, 15) is 13.2 Å². The molecular formula is C14H17F3N2S2. The number of thioether (sulfide) groups is 1. The predicted octanol–water partition coefficient (Wildman–Crippen LogP) is 4.04. The Morgan fingerprint density at radius 1 is 1.38 bits per heavy atom. The maximum atomic E-state index is 12.7. The standard InChI is InChI=1S/C14H17F3N2S2/c15-14(16,17)9-4-5-12(11(7-9)13(18)20)19-8-10-3-1-2-6-21-10/h4-5,7,10,19H,1-3,6,8H2,(H2,18,20). The molecule has 21 heavy (non-hydrogen) atoms. The number of anilines is 1. The van der Waals surface area contributed by atoms with Gasteiger partial charge < -0.3 is 11.1 Å². The zero-order valence-electron chi connectivity index (χ0n) is 11.4. The van der Waals surface area contributed by atoms with Crippen molar-refractivity contribution < 1.29 is 13.2 Å². The van der Waals surface area contributed by atoms with Crippen LogP contribution in [0, 0.1) is 0 Å². The maximum Gasteiger partial charge on any atom is 0.416 e. The third kappa shape index (κ3) is 4.51. The van der Waals surface area contributed by atoms with Crippen LogP contribution in [0.25, 0.3) is 0 Å². The van der Waals surface area contributed by atoms with Crippen LogP contribution in [0.3, 0.4) is 0 Å². The average Bonchev–Trinajstić information content (AvgIpc) is 2.45. The second-order valence-corrected chi connectivity index (χ2v) is 6.84. The molecule has 1 unspecified atom stereocenters. The lowest BCUT2D eigenvalue weighted by Gasteiger charge is -2.23. The largest absolute Gasteiger partial charge is 0.416 e. The maximum absolute atomic E-state index is 12.7. The molecule has 116 valence electrons. The lowest BCUT2D eigenvalue weighted by Crippen LogP contribution is -2.22. The van der Waals surface area contributed by atoms with Crippen LogP contribution >= 0.6 is 24.0 Å². The Balaban J connectivity index is 2.12. The van der Waals surface area contributed by atoms with Gasteiger partial charge in [-0.3, -0.25) is 0 Å². The highest BCUT2D eigenvalue weighted by Gasteiger charge is 2.31. The Kier molecular flexibility index (Phi) is 5.37. The van der Waals surface area contributed by atoms with Gasteiger partial charge in [0.1, 0.15) is 4.99 Å². The Morgan fingerprint density at radius 3 is 2.71 bits per heavy atom. The van der Waals surface area contributed by atoms with Gasteiger partial charge in [-0.1, -0.05) is 18.6 Å².